The van der Waals surface area contributed by atoms with Gasteiger partial charge in [0.2, 0.25) is 12.1 Å². The largest absolute Gasteiger partial charge is 0.507 e. The van der Waals surface area contributed by atoms with E-state index in [-0.39, 0.29) is 57.9 Å². The maximum absolute atomic E-state index is 14.4. The summed E-state index contributed by atoms with van der Waals surface area (Å²) in [5.41, 5.74) is 1.24. The predicted molar refractivity (Wildman–Crippen MR) is 177 cm³/mol. The van der Waals surface area contributed by atoms with Gasteiger partial charge in [0.15, 0.2) is 17.7 Å². The molecule has 12 nitrogen and oxygen atoms in total. The summed E-state index contributed by atoms with van der Waals surface area (Å²) in [5, 5.41) is 63.3. The molecular formula is C38H34O12. The van der Waals surface area contributed by atoms with Crippen LogP contribution in [0, 0.1) is 0 Å². The van der Waals surface area contributed by atoms with Crippen LogP contribution in [0.15, 0.2) is 72.8 Å². The molecule has 6 N–H and O–H groups in total. The van der Waals surface area contributed by atoms with E-state index in [2.05, 4.69) is 0 Å². The summed E-state index contributed by atoms with van der Waals surface area (Å²) in [6.07, 6.45) is -4.04. The Bertz CT molecular complexity index is 2020. The maximum atomic E-state index is 14.4. The molecule has 1 aliphatic heterocycles. The SMILES string of the molecule is CC(=O)Oc1ccc2c(c1/C=C/c1ccccc1)C(=O)c1cc(O[C@H]3O[C@@H](C)[C@@H](O)C(O)(O)[C@H]3O)c(Cc3cccc(CO)c3)c(O)c1C2=O. The Morgan fingerprint density at radius 1 is 0.860 bits per heavy atom. The summed E-state index contributed by atoms with van der Waals surface area (Å²) in [4.78, 5) is 40.6. The zero-order chi connectivity index (χ0) is 35.9. The molecule has 1 heterocycles. The molecule has 0 spiro atoms. The number of carbonyl (C=O) groups excluding carboxylic acids is 3. The van der Waals surface area contributed by atoms with E-state index in [0.717, 1.165) is 5.56 Å². The molecular weight excluding hydrogens is 648 g/mol. The Balaban J connectivity index is 1.52. The normalized spacial score (nSPS) is 21.1. The number of carbonyl (C=O) groups is 3. The molecule has 1 saturated heterocycles. The van der Waals surface area contributed by atoms with Gasteiger partial charge in [-0.2, -0.15) is 0 Å². The van der Waals surface area contributed by atoms with Crippen LogP contribution in [0.2, 0.25) is 0 Å². The minimum absolute atomic E-state index is 0.0137. The van der Waals surface area contributed by atoms with Crippen molar-refractivity contribution in [2.24, 2.45) is 0 Å². The summed E-state index contributed by atoms with van der Waals surface area (Å²) in [5.74, 6) is -5.98. The van der Waals surface area contributed by atoms with E-state index < -0.39 is 53.7 Å². The minimum Gasteiger partial charge on any atom is -0.507 e. The lowest BCUT2D eigenvalue weighted by Gasteiger charge is -2.44. The highest BCUT2D eigenvalue weighted by Gasteiger charge is 2.54. The quantitative estimate of drug-likeness (QED) is 0.0606. The first-order chi connectivity index (χ1) is 23.8. The summed E-state index contributed by atoms with van der Waals surface area (Å²) in [6, 6.07) is 19.7. The number of aliphatic hydroxyl groups excluding tert-OH is 3. The van der Waals surface area contributed by atoms with Crippen molar-refractivity contribution in [3.05, 3.63) is 123 Å². The molecule has 0 amide bonds. The molecule has 0 saturated carbocycles. The summed E-state index contributed by atoms with van der Waals surface area (Å²) in [7, 11) is 0. The van der Waals surface area contributed by atoms with Crippen LogP contribution in [0.5, 0.6) is 17.2 Å². The van der Waals surface area contributed by atoms with Crippen LogP contribution in [0.25, 0.3) is 12.2 Å². The smallest absolute Gasteiger partial charge is 0.308 e. The number of hydrogen-bond acceptors (Lipinski definition) is 12. The Morgan fingerprint density at radius 3 is 2.26 bits per heavy atom. The van der Waals surface area contributed by atoms with E-state index in [0.29, 0.717) is 11.1 Å². The van der Waals surface area contributed by atoms with Crippen LogP contribution in [-0.2, 0) is 22.6 Å². The third kappa shape index (κ3) is 6.31. The summed E-state index contributed by atoms with van der Waals surface area (Å²) < 4.78 is 16.9. The lowest BCUT2D eigenvalue weighted by molar-refractivity contribution is -0.371. The fraction of sp³-hybridized carbons (Fsp3) is 0.237. The molecule has 0 radical (unpaired) electrons. The zero-order valence-electron chi connectivity index (χ0n) is 26.9. The van der Waals surface area contributed by atoms with Crippen molar-refractivity contribution in [3.63, 3.8) is 0 Å². The van der Waals surface area contributed by atoms with Crippen molar-refractivity contribution in [1.29, 1.82) is 0 Å². The number of hydrogen-bond donors (Lipinski definition) is 6. The van der Waals surface area contributed by atoms with Gasteiger partial charge in [0.1, 0.15) is 23.4 Å². The Labute approximate surface area is 286 Å². The predicted octanol–water partition coefficient (Wildman–Crippen LogP) is 2.87. The van der Waals surface area contributed by atoms with Gasteiger partial charge in [-0.1, -0.05) is 60.7 Å². The monoisotopic (exact) mass is 682 g/mol. The first-order valence-electron chi connectivity index (χ1n) is 15.7. The standard InChI is InChI=1S/C38H34O12/c1-19-35(44)38(46,47)36(45)37(48-19)50-29-17-27-31(33(42)26(29)16-22-9-6-10-23(15-22)18-39)32(41)25-13-14-28(49-20(2)40)24(30(25)34(27)43)12-11-21-7-4-3-5-8-21/h3-15,17,19,35-37,39,42,44-47H,16,18H2,1-2H3/b12-11+/t19-,35+,36-,37+/m0/s1. The molecule has 6 rings (SSSR count). The van der Waals surface area contributed by atoms with Crippen LogP contribution < -0.4 is 9.47 Å². The minimum atomic E-state index is -3.05. The number of ketones is 2. The third-order valence-corrected chi connectivity index (χ3v) is 8.73. The van der Waals surface area contributed by atoms with E-state index in [1.54, 1.807) is 36.4 Å². The number of aromatic hydroxyl groups is 1. The number of rotatable bonds is 8. The Morgan fingerprint density at radius 2 is 1.56 bits per heavy atom. The van der Waals surface area contributed by atoms with E-state index in [1.807, 2.05) is 30.3 Å². The van der Waals surface area contributed by atoms with E-state index in [9.17, 15) is 45.0 Å². The van der Waals surface area contributed by atoms with E-state index in [1.165, 1.54) is 32.0 Å². The van der Waals surface area contributed by atoms with Crippen LogP contribution in [-0.4, -0.2) is 78.6 Å². The Hall–Kier alpha value is -5.21. The number of benzene rings is 4. The highest BCUT2D eigenvalue weighted by molar-refractivity contribution is 6.31. The van der Waals surface area contributed by atoms with Crippen LogP contribution in [0.1, 0.15) is 73.5 Å². The van der Waals surface area contributed by atoms with Gasteiger partial charge < -0.3 is 44.8 Å². The maximum Gasteiger partial charge on any atom is 0.308 e. The second-order valence-corrected chi connectivity index (χ2v) is 12.2. The van der Waals surface area contributed by atoms with Crippen molar-refractivity contribution in [3.8, 4) is 17.2 Å². The topological polar surface area (TPSA) is 200 Å². The van der Waals surface area contributed by atoms with Crippen LogP contribution in [0.3, 0.4) is 0 Å². The molecule has 0 unspecified atom stereocenters. The van der Waals surface area contributed by atoms with Gasteiger partial charge in [0.05, 0.1) is 18.3 Å². The van der Waals surface area contributed by atoms with E-state index in [4.69, 9.17) is 14.2 Å². The van der Waals surface area contributed by atoms with Gasteiger partial charge in [-0.15, -0.1) is 0 Å². The van der Waals surface area contributed by atoms with Gasteiger partial charge in [-0.25, -0.2) is 0 Å². The van der Waals surface area contributed by atoms with Crippen LogP contribution >= 0.6 is 0 Å². The van der Waals surface area contributed by atoms with Crippen molar-refractivity contribution >= 4 is 29.7 Å². The first kappa shape index (κ1) is 34.6. The molecule has 50 heavy (non-hydrogen) atoms. The molecule has 2 aliphatic rings. The van der Waals surface area contributed by atoms with Gasteiger partial charge in [-0.05, 0) is 47.9 Å². The highest BCUT2D eigenvalue weighted by Crippen LogP contribution is 2.44. The molecule has 1 fully saturated rings. The fourth-order valence-electron chi connectivity index (χ4n) is 6.17. The van der Waals surface area contributed by atoms with Crippen molar-refractivity contribution < 1.29 is 59.2 Å². The Kier molecular flexibility index (Phi) is 9.42. The van der Waals surface area contributed by atoms with Crippen molar-refractivity contribution in [1.82, 2.24) is 0 Å². The molecule has 12 heteroatoms. The van der Waals surface area contributed by atoms with Gasteiger partial charge in [0.25, 0.3) is 0 Å². The second kappa shape index (κ2) is 13.6. The lowest BCUT2D eigenvalue weighted by atomic mass is 9.79. The van der Waals surface area contributed by atoms with Crippen LogP contribution in [0.4, 0.5) is 0 Å². The van der Waals surface area contributed by atoms with E-state index >= 15 is 0 Å². The third-order valence-electron chi connectivity index (χ3n) is 8.73. The average molecular weight is 683 g/mol. The fourth-order valence-corrected chi connectivity index (χ4v) is 6.17. The summed E-state index contributed by atoms with van der Waals surface area (Å²) >= 11 is 0. The lowest BCUT2D eigenvalue weighted by Crippen LogP contribution is -2.67. The average Bonchev–Trinajstić information content (AvgIpc) is 3.09. The molecule has 258 valence electrons. The molecule has 1 aliphatic carbocycles. The molecule has 4 aromatic carbocycles. The van der Waals surface area contributed by atoms with Crippen molar-refractivity contribution in [2.45, 2.75) is 57.3 Å². The van der Waals surface area contributed by atoms with Crippen molar-refractivity contribution in [2.75, 3.05) is 0 Å². The number of fused-ring (bicyclic) bond motifs is 2. The van der Waals surface area contributed by atoms with Gasteiger partial charge >= 0.3 is 5.97 Å². The number of phenolic OH excluding ortho intramolecular Hbond substituents is 1. The van der Waals surface area contributed by atoms with Gasteiger partial charge in [0, 0.05) is 41.2 Å². The molecule has 0 aromatic heterocycles. The molecule has 0 bridgehead atoms. The highest BCUT2D eigenvalue weighted by atomic mass is 16.7. The molecule has 4 aromatic rings. The number of esters is 1. The number of ether oxygens (including phenoxy) is 3. The second-order valence-electron chi connectivity index (χ2n) is 12.2. The number of phenols is 1. The first-order valence-corrected chi connectivity index (χ1v) is 15.7. The summed E-state index contributed by atoms with van der Waals surface area (Å²) in [6.45, 7) is 2.25. The number of aliphatic hydroxyl groups is 5. The van der Waals surface area contributed by atoms with Gasteiger partial charge in [-0.3, -0.25) is 14.4 Å². The zero-order valence-corrected chi connectivity index (χ0v) is 26.9. The molecule has 4 atom stereocenters.